The fourth-order valence-corrected chi connectivity index (χ4v) is 7.37. The molecule has 3 heterocycles. The molecule has 0 spiro atoms. The number of anilines is 1. The highest BCUT2D eigenvalue weighted by Gasteiger charge is 2.58. The zero-order valence-corrected chi connectivity index (χ0v) is 30.1. The van der Waals surface area contributed by atoms with E-state index in [1.807, 2.05) is 13.1 Å². The second-order valence-corrected chi connectivity index (χ2v) is 15.3. The molecule has 1 unspecified atom stereocenters. The number of nitrogens with one attached hydrogen (secondary N) is 2. The van der Waals surface area contributed by atoms with Gasteiger partial charge in [-0.05, 0) is 103 Å². The minimum absolute atomic E-state index is 0.0634. The van der Waals surface area contributed by atoms with E-state index in [0.717, 1.165) is 54.7 Å². The molecule has 3 atom stereocenters. The number of carboxylic acids is 1. The first-order chi connectivity index (χ1) is 23.9. The van der Waals surface area contributed by atoms with Crippen molar-refractivity contribution in [2.24, 2.45) is 21.8 Å². The molecule has 20 heteroatoms. The van der Waals surface area contributed by atoms with Crippen molar-refractivity contribution in [1.29, 1.82) is 0 Å². The number of nitrogens with two attached hydrogens (primary N) is 2. The van der Waals surface area contributed by atoms with Gasteiger partial charge < -0.3 is 36.8 Å². The largest absolute Gasteiger partial charge is 0.485 e. The van der Waals surface area contributed by atoms with E-state index in [4.69, 9.17) is 30.6 Å². The maximum absolute atomic E-state index is 13.5. The lowest BCUT2D eigenvalue weighted by atomic mass is 9.84. The Morgan fingerprint density at radius 3 is 2.53 bits per heavy atom. The van der Waals surface area contributed by atoms with Crippen molar-refractivity contribution in [1.82, 2.24) is 20.7 Å². The van der Waals surface area contributed by atoms with Gasteiger partial charge in [0, 0.05) is 10.9 Å². The van der Waals surface area contributed by atoms with Gasteiger partial charge in [0.1, 0.15) is 23.3 Å². The van der Waals surface area contributed by atoms with E-state index in [1.165, 1.54) is 26.2 Å². The van der Waals surface area contributed by atoms with Gasteiger partial charge in [0.25, 0.3) is 17.4 Å². The Morgan fingerprint density at radius 2 is 1.94 bits per heavy atom. The lowest BCUT2D eigenvalue weighted by Crippen LogP contribution is -2.76. The Hall–Kier alpha value is -4.37. The number of ether oxygens (including phenoxy) is 1. The molecule has 1 aromatic carbocycles. The molecule has 2 amide bonds. The lowest BCUT2D eigenvalue weighted by Gasteiger charge is -2.50. The number of hydrogen-bond acceptors (Lipinski definition) is 14. The van der Waals surface area contributed by atoms with Crippen LogP contribution in [0.4, 0.5) is 5.13 Å². The molecule has 51 heavy (non-hydrogen) atoms. The highest BCUT2D eigenvalue weighted by Crippen LogP contribution is 2.36. The van der Waals surface area contributed by atoms with E-state index >= 15 is 0 Å². The number of hydrogen-bond donors (Lipinski definition) is 6. The van der Waals surface area contributed by atoms with E-state index in [-0.39, 0.29) is 23.3 Å². The minimum atomic E-state index is -5.03. The monoisotopic (exact) mass is 750 g/mol. The van der Waals surface area contributed by atoms with Crippen LogP contribution in [0.2, 0.25) is 0 Å². The molecule has 1 saturated carbocycles. The average Bonchev–Trinajstić information content (AvgIpc) is 3.51. The molecule has 2 aromatic rings. The number of thiazole rings is 1. The van der Waals surface area contributed by atoms with Crippen molar-refractivity contribution in [3.05, 3.63) is 40.4 Å². The summed E-state index contributed by atoms with van der Waals surface area (Å²) < 4.78 is 41.8. The van der Waals surface area contributed by atoms with E-state index in [1.54, 1.807) is 12.1 Å². The van der Waals surface area contributed by atoms with Crippen molar-refractivity contribution in [2.45, 2.75) is 88.6 Å². The molecule has 1 saturated heterocycles. The summed E-state index contributed by atoms with van der Waals surface area (Å²) in [5.41, 5.74) is 9.60. The van der Waals surface area contributed by atoms with Crippen LogP contribution < -0.4 is 26.8 Å². The second-order valence-electron chi connectivity index (χ2n) is 13.4. The normalized spacial score (nSPS) is 24.8. The standard InChI is InChI=1S/C31H42N8O10S2/c1-30(2)24(27(41)39(30)49-51(44,45)46)37-26(40)23(20-15-50-29(33)36-20)38-48-31(3,28(42)43)22-12-8-17-13-18(7-11-21(17)47-22)25(32)35-19-9-5-16(6-10-19)14-34-4/h7,11,13,15-16,19,22,24,34H,5-6,8-10,12,14H2,1-4H3,(H2,32,35)(H2,33,36)(H,37,40)(H,42,43)(H,44,45,46)/b38-23-/t16?,19?,22-,24?,31+/m1/s1. The Kier molecular flexibility index (Phi) is 10.9. The van der Waals surface area contributed by atoms with Crippen LogP contribution in [0.3, 0.4) is 0 Å². The van der Waals surface area contributed by atoms with Gasteiger partial charge in [0.15, 0.2) is 16.9 Å². The number of hydroxylamine groups is 2. The number of β-lactam (4-membered cyclic amide) rings is 1. The van der Waals surface area contributed by atoms with E-state index < -0.39 is 57.2 Å². The summed E-state index contributed by atoms with van der Waals surface area (Å²) in [5.74, 6) is -1.92. The molecule has 0 bridgehead atoms. The second kappa shape index (κ2) is 14.7. The number of aryl methyl sites for hydroxylation is 1. The van der Waals surface area contributed by atoms with E-state index in [0.29, 0.717) is 29.0 Å². The molecule has 18 nitrogen and oxygen atoms in total. The number of aliphatic carboxylic acids is 1. The first kappa shape index (κ1) is 37.9. The summed E-state index contributed by atoms with van der Waals surface area (Å²) >= 11 is 0.970. The van der Waals surface area contributed by atoms with Gasteiger partial charge in [-0.2, -0.15) is 13.5 Å². The summed E-state index contributed by atoms with van der Waals surface area (Å²) in [6.07, 6.45) is 3.70. The number of carbonyl (C=O) groups is 3. The highest BCUT2D eigenvalue weighted by atomic mass is 32.3. The zero-order valence-electron chi connectivity index (χ0n) is 28.5. The van der Waals surface area contributed by atoms with Crippen LogP contribution in [0.5, 0.6) is 5.75 Å². The van der Waals surface area contributed by atoms with Gasteiger partial charge in [-0.15, -0.1) is 15.6 Å². The molecule has 2 aliphatic heterocycles. The molecule has 0 radical (unpaired) electrons. The molecule has 278 valence electrons. The third kappa shape index (κ3) is 8.25. The Bertz CT molecular complexity index is 1840. The van der Waals surface area contributed by atoms with Crippen molar-refractivity contribution in [2.75, 3.05) is 19.3 Å². The fraction of sp³-hybridized carbons (Fsp3) is 0.548. The number of carboxylic acid groups (broad SMARTS) is 1. The summed E-state index contributed by atoms with van der Waals surface area (Å²) in [4.78, 5) is 53.2. The number of carbonyl (C=O) groups excluding carboxylic acids is 2. The number of aliphatic imine (C=N–C) groups is 1. The Labute approximate surface area is 298 Å². The number of aromatic nitrogens is 1. The van der Waals surface area contributed by atoms with Crippen molar-refractivity contribution in [3.63, 3.8) is 0 Å². The lowest BCUT2D eigenvalue weighted by molar-refractivity contribution is -0.218. The maximum Gasteiger partial charge on any atom is 0.418 e. The molecule has 1 aromatic heterocycles. The third-order valence-electron chi connectivity index (χ3n) is 9.40. The van der Waals surface area contributed by atoms with Crippen LogP contribution in [-0.4, -0.2) is 100 Å². The number of oxime groups is 1. The van der Waals surface area contributed by atoms with Gasteiger partial charge in [0.05, 0.1) is 11.6 Å². The Balaban J connectivity index is 1.31. The van der Waals surface area contributed by atoms with Crippen molar-refractivity contribution < 1.29 is 46.3 Å². The van der Waals surface area contributed by atoms with Gasteiger partial charge in [-0.3, -0.25) is 19.1 Å². The van der Waals surface area contributed by atoms with Crippen LogP contribution in [-0.2, 0) is 40.3 Å². The van der Waals surface area contributed by atoms with Crippen molar-refractivity contribution in [3.8, 4) is 5.75 Å². The van der Waals surface area contributed by atoms with Gasteiger partial charge in [0.2, 0.25) is 0 Å². The zero-order chi connectivity index (χ0) is 37.3. The van der Waals surface area contributed by atoms with Crippen LogP contribution in [0.15, 0.2) is 33.7 Å². The topological polar surface area (TPSA) is 270 Å². The number of fused-ring (bicyclic) bond motifs is 1. The number of amidine groups is 1. The molecule has 1 aliphatic carbocycles. The van der Waals surface area contributed by atoms with Gasteiger partial charge in [-0.25, -0.2) is 9.78 Å². The molecular formula is C31H42N8O10S2. The Morgan fingerprint density at radius 1 is 1.24 bits per heavy atom. The van der Waals surface area contributed by atoms with E-state index in [9.17, 15) is 27.9 Å². The number of amides is 2. The quantitative estimate of drug-likeness (QED) is 0.0549. The van der Waals surface area contributed by atoms with Gasteiger partial charge >= 0.3 is 16.4 Å². The summed E-state index contributed by atoms with van der Waals surface area (Å²) in [5, 5.41) is 21.7. The minimum Gasteiger partial charge on any atom is -0.485 e. The SMILES string of the molecule is CNCC1CCC(N=C(N)c2ccc3c(c2)CC[C@H]([C@](C)(O/N=C(\C(=O)NC2C(=O)N(OS(=O)(=O)O)C2(C)C)c2csc(N)n2)C(=O)O)O3)CC1. The summed E-state index contributed by atoms with van der Waals surface area (Å²) in [6.45, 7) is 5.00. The summed E-state index contributed by atoms with van der Waals surface area (Å²) in [7, 11) is -3.07. The van der Waals surface area contributed by atoms with Crippen molar-refractivity contribution >= 4 is 56.2 Å². The smallest absolute Gasteiger partial charge is 0.418 e. The van der Waals surface area contributed by atoms with Gasteiger partial charge in [-0.1, -0.05) is 5.16 Å². The fourth-order valence-electron chi connectivity index (χ4n) is 6.37. The number of nitrogen functional groups attached to an aromatic ring is 1. The predicted octanol–water partition coefficient (Wildman–Crippen LogP) is 1.01. The predicted molar refractivity (Wildman–Crippen MR) is 185 cm³/mol. The average molecular weight is 751 g/mol. The molecule has 5 rings (SSSR count). The molecule has 8 N–H and O–H groups in total. The highest BCUT2D eigenvalue weighted by molar-refractivity contribution is 7.80. The molecule has 3 aliphatic rings. The molecule has 2 fully saturated rings. The maximum atomic E-state index is 13.5. The third-order valence-corrected chi connectivity index (χ3v) is 10.4. The number of rotatable bonds is 13. The van der Waals surface area contributed by atoms with Crippen LogP contribution in [0.1, 0.15) is 69.7 Å². The summed E-state index contributed by atoms with van der Waals surface area (Å²) in [6, 6.07) is 4.18. The van der Waals surface area contributed by atoms with Crippen LogP contribution in [0, 0.1) is 5.92 Å². The number of nitrogens with zero attached hydrogens (tertiary/aromatic N) is 4. The van der Waals surface area contributed by atoms with Crippen LogP contribution >= 0.6 is 11.3 Å². The molecular weight excluding hydrogens is 709 g/mol. The first-order valence-electron chi connectivity index (χ1n) is 16.2. The number of benzene rings is 1. The van der Waals surface area contributed by atoms with Crippen LogP contribution in [0.25, 0.3) is 0 Å². The van der Waals surface area contributed by atoms with E-state index in [2.05, 4.69) is 25.1 Å². The first-order valence-corrected chi connectivity index (χ1v) is 18.5.